The van der Waals surface area contributed by atoms with Gasteiger partial charge in [-0.3, -0.25) is 9.89 Å². The third-order valence-corrected chi connectivity index (χ3v) is 6.44. The number of halogens is 1. The van der Waals surface area contributed by atoms with Gasteiger partial charge in [0.25, 0.3) is 0 Å². The van der Waals surface area contributed by atoms with E-state index in [-0.39, 0.29) is 29.5 Å². The molecule has 0 aromatic heterocycles. The zero-order valence-electron chi connectivity index (χ0n) is 17.2. The smallest absolute Gasteiger partial charge is 0.191 e. The number of piperidine rings is 1. The molecule has 0 bridgehead atoms. The van der Waals surface area contributed by atoms with Crippen LogP contribution in [0.3, 0.4) is 0 Å². The van der Waals surface area contributed by atoms with Crippen LogP contribution in [0.5, 0.6) is 0 Å². The lowest BCUT2D eigenvalue weighted by Crippen LogP contribution is -2.60. The summed E-state index contributed by atoms with van der Waals surface area (Å²) in [5, 5.41) is 7.18. The maximum absolute atomic E-state index is 5.59. The van der Waals surface area contributed by atoms with Crippen LogP contribution < -0.4 is 10.6 Å². The largest absolute Gasteiger partial charge is 0.379 e. The zero-order chi connectivity index (χ0) is 18.1. The van der Waals surface area contributed by atoms with Gasteiger partial charge >= 0.3 is 0 Å². The third-order valence-electron chi connectivity index (χ3n) is 6.44. The van der Waals surface area contributed by atoms with E-state index >= 15 is 0 Å². The van der Waals surface area contributed by atoms with Gasteiger partial charge in [-0.15, -0.1) is 24.0 Å². The van der Waals surface area contributed by atoms with Crippen molar-refractivity contribution in [1.82, 2.24) is 20.4 Å². The summed E-state index contributed by atoms with van der Waals surface area (Å²) >= 11 is 0. The highest BCUT2D eigenvalue weighted by molar-refractivity contribution is 14.0. The Balaban J connectivity index is 0.00000261. The van der Waals surface area contributed by atoms with Crippen LogP contribution in [0.1, 0.15) is 51.4 Å². The lowest BCUT2D eigenvalue weighted by Gasteiger charge is -2.48. The number of nitrogens with zero attached hydrogens (tertiary/aromatic N) is 3. The average molecular weight is 493 g/mol. The Labute approximate surface area is 182 Å². The van der Waals surface area contributed by atoms with Crippen molar-refractivity contribution < 1.29 is 4.74 Å². The minimum absolute atomic E-state index is 0. The standard InChI is InChI=1S/C20H39N5O.HI/c1-21-19(22-10-13-24-11-6-3-7-12-24)23-18-20(8-4-2-5-9-20)25-14-16-26-17-15-25;/h2-18H2,1H3,(H2,21,22,23);1H. The number of morpholine rings is 1. The monoisotopic (exact) mass is 493 g/mol. The van der Waals surface area contributed by atoms with Crippen LogP contribution in [-0.4, -0.2) is 87.4 Å². The van der Waals surface area contributed by atoms with Gasteiger partial charge in [0, 0.05) is 45.3 Å². The number of aliphatic imine (C=N–C) groups is 1. The topological polar surface area (TPSA) is 52.1 Å². The van der Waals surface area contributed by atoms with Crippen LogP contribution in [0.15, 0.2) is 4.99 Å². The van der Waals surface area contributed by atoms with Crippen molar-refractivity contribution in [2.45, 2.75) is 56.9 Å². The number of ether oxygens (including phenoxy) is 1. The van der Waals surface area contributed by atoms with Crippen molar-refractivity contribution in [2.75, 3.05) is 66.1 Å². The van der Waals surface area contributed by atoms with E-state index in [1.165, 1.54) is 64.5 Å². The molecule has 3 fully saturated rings. The molecule has 0 aromatic carbocycles. The number of nitrogens with one attached hydrogen (secondary N) is 2. The summed E-state index contributed by atoms with van der Waals surface area (Å²) in [4.78, 5) is 9.72. The van der Waals surface area contributed by atoms with Gasteiger partial charge in [-0.1, -0.05) is 25.7 Å². The van der Waals surface area contributed by atoms with Gasteiger partial charge in [0.2, 0.25) is 0 Å². The minimum atomic E-state index is 0. The van der Waals surface area contributed by atoms with Crippen LogP contribution in [-0.2, 0) is 4.74 Å². The number of likely N-dealkylation sites (tertiary alicyclic amines) is 1. The molecule has 0 aromatic rings. The molecule has 0 atom stereocenters. The Kier molecular flexibility index (Phi) is 10.7. The van der Waals surface area contributed by atoms with Gasteiger partial charge < -0.3 is 20.3 Å². The van der Waals surface area contributed by atoms with Gasteiger partial charge in [0.1, 0.15) is 0 Å². The molecule has 2 saturated heterocycles. The summed E-state index contributed by atoms with van der Waals surface area (Å²) in [6, 6.07) is 0. The van der Waals surface area contributed by atoms with Crippen LogP contribution >= 0.6 is 24.0 Å². The molecular formula is C20H40IN5O. The molecule has 0 radical (unpaired) electrons. The number of guanidine groups is 1. The van der Waals surface area contributed by atoms with E-state index in [0.29, 0.717) is 0 Å². The summed E-state index contributed by atoms with van der Waals surface area (Å²) < 4.78 is 5.59. The van der Waals surface area contributed by atoms with Crippen LogP contribution in [0, 0.1) is 0 Å². The molecule has 0 spiro atoms. The van der Waals surface area contributed by atoms with Gasteiger partial charge in [-0.05, 0) is 38.8 Å². The van der Waals surface area contributed by atoms with E-state index in [4.69, 9.17) is 4.74 Å². The second-order valence-electron chi connectivity index (χ2n) is 8.14. The molecule has 6 nitrogen and oxygen atoms in total. The van der Waals surface area contributed by atoms with Crippen LogP contribution in [0.25, 0.3) is 0 Å². The lowest BCUT2D eigenvalue weighted by molar-refractivity contribution is -0.0352. The fourth-order valence-electron chi connectivity index (χ4n) is 4.84. The van der Waals surface area contributed by atoms with Crippen molar-refractivity contribution in [3.05, 3.63) is 0 Å². The molecule has 1 aliphatic carbocycles. The first-order valence-corrected chi connectivity index (χ1v) is 10.8. The second kappa shape index (κ2) is 12.4. The third kappa shape index (κ3) is 7.01. The van der Waals surface area contributed by atoms with Crippen molar-refractivity contribution in [2.24, 2.45) is 4.99 Å². The summed E-state index contributed by atoms with van der Waals surface area (Å²) in [5.74, 6) is 0.959. The molecule has 3 rings (SSSR count). The molecule has 2 heterocycles. The second-order valence-corrected chi connectivity index (χ2v) is 8.14. The first kappa shape index (κ1) is 23.2. The Morgan fingerprint density at radius 1 is 0.926 bits per heavy atom. The van der Waals surface area contributed by atoms with E-state index < -0.39 is 0 Å². The van der Waals surface area contributed by atoms with E-state index in [1.54, 1.807) is 0 Å². The van der Waals surface area contributed by atoms with Gasteiger partial charge in [0.15, 0.2) is 5.96 Å². The molecule has 3 aliphatic rings. The van der Waals surface area contributed by atoms with Gasteiger partial charge in [-0.2, -0.15) is 0 Å². The maximum atomic E-state index is 5.59. The molecule has 2 aliphatic heterocycles. The summed E-state index contributed by atoms with van der Waals surface area (Å²) in [5.41, 5.74) is 0.284. The normalized spacial score (nSPS) is 24.9. The first-order valence-electron chi connectivity index (χ1n) is 10.8. The highest BCUT2D eigenvalue weighted by Gasteiger charge is 2.38. The molecule has 0 unspecified atom stereocenters. The summed E-state index contributed by atoms with van der Waals surface area (Å²) in [7, 11) is 1.89. The fraction of sp³-hybridized carbons (Fsp3) is 0.950. The Morgan fingerprint density at radius 2 is 1.59 bits per heavy atom. The zero-order valence-corrected chi connectivity index (χ0v) is 19.5. The Morgan fingerprint density at radius 3 is 2.26 bits per heavy atom. The molecule has 2 N–H and O–H groups in total. The van der Waals surface area contributed by atoms with E-state index in [9.17, 15) is 0 Å². The maximum Gasteiger partial charge on any atom is 0.191 e. The predicted octanol–water partition coefficient (Wildman–Crippen LogP) is 2.29. The molecular weight excluding hydrogens is 453 g/mol. The van der Waals surface area contributed by atoms with Crippen LogP contribution in [0.4, 0.5) is 0 Å². The van der Waals surface area contributed by atoms with Crippen molar-refractivity contribution in [1.29, 1.82) is 0 Å². The minimum Gasteiger partial charge on any atom is -0.379 e. The molecule has 7 heteroatoms. The molecule has 27 heavy (non-hydrogen) atoms. The molecule has 0 amide bonds. The first-order chi connectivity index (χ1) is 12.8. The SMILES string of the molecule is CN=C(NCCN1CCCCC1)NCC1(N2CCOCC2)CCCCC1.I. The summed E-state index contributed by atoms with van der Waals surface area (Å²) in [6.45, 7) is 9.51. The number of rotatable bonds is 6. The lowest BCUT2D eigenvalue weighted by atomic mass is 9.80. The molecule has 158 valence electrons. The van der Waals surface area contributed by atoms with Gasteiger partial charge in [0.05, 0.1) is 13.2 Å². The van der Waals surface area contributed by atoms with E-state index in [0.717, 1.165) is 51.9 Å². The number of hydrogen-bond acceptors (Lipinski definition) is 4. The van der Waals surface area contributed by atoms with E-state index in [2.05, 4.69) is 25.4 Å². The van der Waals surface area contributed by atoms with Crippen molar-refractivity contribution >= 4 is 29.9 Å². The van der Waals surface area contributed by atoms with Crippen molar-refractivity contribution in [3.8, 4) is 0 Å². The van der Waals surface area contributed by atoms with Crippen LogP contribution in [0.2, 0.25) is 0 Å². The quantitative estimate of drug-likeness (QED) is 0.338. The fourth-order valence-corrected chi connectivity index (χ4v) is 4.84. The van der Waals surface area contributed by atoms with E-state index in [1.807, 2.05) is 7.05 Å². The molecule has 1 saturated carbocycles. The number of hydrogen-bond donors (Lipinski definition) is 2. The Hall–Kier alpha value is -0.120. The highest BCUT2D eigenvalue weighted by atomic mass is 127. The highest BCUT2D eigenvalue weighted by Crippen LogP contribution is 2.33. The average Bonchev–Trinajstić information content (AvgIpc) is 2.72. The predicted molar refractivity (Wildman–Crippen MR) is 123 cm³/mol. The van der Waals surface area contributed by atoms with Gasteiger partial charge in [-0.25, -0.2) is 0 Å². The summed E-state index contributed by atoms with van der Waals surface area (Å²) in [6.07, 6.45) is 10.8. The van der Waals surface area contributed by atoms with Crippen molar-refractivity contribution in [3.63, 3.8) is 0 Å². The Bertz CT molecular complexity index is 430.